The fourth-order valence-electron chi connectivity index (χ4n) is 2.56. The predicted octanol–water partition coefficient (Wildman–Crippen LogP) is 2.09. The molecule has 1 saturated carbocycles. The van der Waals surface area contributed by atoms with Gasteiger partial charge in [0.25, 0.3) is 0 Å². The number of nitrogens with zero attached hydrogens (tertiary/aromatic N) is 1. The van der Waals surface area contributed by atoms with Crippen molar-refractivity contribution in [2.24, 2.45) is 11.8 Å². The average molecular weight is 195 g/mol. The van der Waals surface area contributed by atoms with Gasteiger partial charge in [-0.2, -0.15) is 0 Å². The van der Waals surface area contributed by atoms with Crippen LogP contribution in [0, 0.1) is 11.8 Å². The van der Waals surface area contributed by atoms with Gasteiger partial charge in [0.15, 0.2) is 0 Å². The summed E-state index contributed by atoms with van der Waals surface area (Å²) in [6.07, 6.45) is 3.88. The van der Waals surface area contributed by atoms with E-state index >= 15 is 0 Å². The van der Waals surface area contributed by atoms with Gasteiger partial charge < -0.3 is 0 Å². The summed E-state index contributed by atoms with van der Waals surface area (Å²) in [5.41, 5.74) is 0. The van der Waals surface area contributed by atoms with Crippen LogP contribution in [0.3, 0.4) is 0 Å². The quantitative estimate of drug-likeness (QED) is 0.672. The molecule has 2 nitrogen and oxygen atoms in total. The summed E-state index contributed by atoms with van der Waals surface area (Å²) in [5.74, 6) is 2.21. The zero-order chi connectivity index (χ0) is 10.1. The molecule has 0 aromatic heterocycles. The van der Waals surface area contributed by atoms with Crippen LogP contribution in [0.25, 0.3) is 0 Å². The highest BCUT2D eigenvalue weighted by molar-refractivity contribution is 5.79. The van der Waals surface area contributed by atoms with Gasteiger partial charge in [-0.05, 0) is 24.7 Å². The lowest BCUT2D eigenvalue weighted by Gasteiger charge is -2.47. The minimum atomic E-state index is 0.474. The van der Waals surface area contributed by atoms with Gasteiger partial charge in [-0.1, -0.05) is 13.8 Å². The topological polar surface area (TPSA) is 20.3 Å². The highest BCUT2D eigenvalue weighted by Gasteiger charge is 2.35. The maximum atomic E-state index is 11.1. The molecule has 0 amide bonds. The highest BCUT2D eigenvalue weighted by atomic mass is 16.1. The first-order valence-electron chi connectivity index (χ1n) is 5.92. The molecule has 14 heavy (non-hydrogen) atoms. The number of carbonyl (C=O) groups excluding carboxylic acids is 1. The second kappa shape index (κ2) is 4.01. The SMILES string of the molecule is CC(C)C1CN(C2CCC(=O)CC2)C1. The van der Waals surface area contributed by atoms with E-state index in [1.54, 1.807) is 0 Å². The Morgan fingerprint density at radius 3 is 2.29 bits per heavy atom. The second-order valence-electron chi connectivity index (χ2n) is 5.23. The van der Waals surface area contributed by atoms with Crippen molar-refractivity contribution < 1.29 is 4.79 Å². The van der Waals surface area contributed by atoms with Gasteiger partial charge in [0.1, 0.15) is 5.78 Å². The lowest BCUT2D eigenvalue weighted by molar-refractivity contribution is -0.122. The largest absolute Gasteiger partial charge is 0.300 e. The zero-order valence-corrected chi connectivity index (χ0v) is 9.33. The molecule has 1 heterocycles. The molecule has 0 spiro atoms. The molecule has 2 fully saturated rings. The fraction of sp³-hybridized carbons (Fsp3) is 0.917. The minimum absolute atomic E-state index is 0.474. The lowest BCUT2D eigenvalue weighted by Crippen LogP contribution is -2.54. The summed E-state index contributed by atoms with van der Waals surface area (Å²) < 4.78 is 0. The van der Waals surface area contributed by atoms with Crippen LogP contribution >= 0.6 is 0 Å². The molecule has 0 bridgehead atoms. The van der Waals surface area contributed by atoms with E-state index < -0.39 is 0 Å². The number of carbonyl (C=O) groups is 1. The van der Waals surface area contributed by atoms with Gasteiger partial charge in [0.05, 0.1) is 0 Å². The van der Waals surface area contributed by atoms with E-state index in [4.69, 9.17) is 0 Å². The molecule has 0 aromatic carbocycles. The van der Waals surface area contributed by atoms with E-state index in [0.29, 0.717) is 5.78 Å². The molecule has 0 atom stereocenters. The van der Waals surface area contributed by atoms with Gasteiger partial charge >= 0.3 is 0 Å². The Morgan fingerprint density at radius 2 is 1.79 bits per heavy atom. The molecule has 2 aliphatic rings. The van der Waals surface area contributed by atoms with Crippen LogP contribution in [0.1, 0.15) is 39.5 Å². The van der Waals surface area contributed by atoms with Crippen molar-refractivity contribution in [3.05, 3.63) is 0 Å². The molecule has 0 unspecified atom stereocenters. The van der Waals surface area contributed by atoms with Crippen molar-refractivity contribution in [1.29, 1.82) is 0 Å². The minimum Gasteiger partial charge on any atom is -0.300 e. The Labute approximate surface area is 86.7 Å². The van der Waals surface area contributed by atoms with Crippen LogP contribution < -0.4 is 0 Å². The van der Waals surface area contributed by atoms with Gasteiger partial charge in [0, 0.05) is 32.0 Å². The number of hydrogen-bond donors (Lipinski definition) is 0. The molecule has 2 rings (SSSR count). The smallest absolute Gasteiger partial charge is 0.133 e. The maximum absolute atomic E-state index is 11.1. The third kappa shape index (κ3) is 2.00. The molecular formula is C12H21NO. The molecule has 1 aliphatic heterocycles. The summed E-state index contributed by atoms with van der Waals surface area (Å²) in [6.45, 7) is 7.17. The zero-order valence-electron chi connectivity index (χ0n) is 9.33. The van der Waals surface area contributed by atoms with Gasteiger partial charge in [0.2, 0.25) is 0 Å². The number of likely N-dealkylation sites (tertiary alicyclic amines) is 1. The number of Topliss-reactive ketones (excluding diaryl/α,β-unsaturated/α-hetero) is 1. The fourth-order valence-corrected chi connectivity index (χ4v) is 2.56. The number of hydrogen-bond acceptors (Lipinski definition) is 2. The monoisotopic (exact) mass is 195 g/mol. The van der Waals surface area contributed by atoms with Crippen LogP contribution in [0.15, 0.2) is 0 Å². The molecular weight excluding hydrogens is 174 g/mol. The van der Waals surface area contributed by atoms with Crippen LogP contribution in [0.4, 0.5) is 0 Å². The van der Waals surface area contributed by atoms with Crippen LogP contribution in [0.2, 0.25) is 0 Å². The van der Waals surface area contributed by atoms with Crippen molar-refractivity contribution in [2.45, 2.75) is 45.6 Å². The van der Waals surface area contributed by atoms with Crippen molar-refractivity contribution in [2.75, 3.05) is 13.1 Å². The maximum Gasteiger partial charge on any atom is 0.133 e. The number of rotatable bonds is 2. The Hall–Kier alpha value is -0.370. The summed E-state index contributed by atoms with van der Waals surface area (Å²) >= 11 is 0. The summed E-state index contributed by atoms with van der Waals surface area (Å²) in [7, 11) is 0. The van der Waals surface area contributed by atoms with Gasteiger partial charge in [-0.25, -0.2) is 0 Å². The average Bonchev–Trinajstić information content (AvgIpc) is 2.05. The summed E-state index contributed by atoms with van der Waals surface area (Å²) in [6, 6.07) is 0.725. The second-order valence-corrected chi connectivity index (χ2v) is 5.23. The number of ketones is 1. The van der Waals surface area contributed by atoms with E-state index in [1.165, 1.54) is 13.1 Å². The normalized spacial score (nSPS) is 26.9. The Balaban J connectivity index is 1.74. The van der Waals surface area contributed by atoms with Crippen molar-refractivity contribution >= 4 is 5.78 Å². The molecule has 80 valence electrons. The van der Waals surface area contributed by atoms with E-state index in [9.17, 15) is 4.79 Å². The predicted molar refractivity (Wildman–Crippen MR) is 57.2 cm³/mol. The lowest BCUT2D eigenvalue weighted by atomic mass is 9.84. The Kier molecular flexibility index (Phi) is 2.91. The Morgan fingerprint density at radius 1 is 1.21 bits per heavy atom. The molecule has 0 N–H and O–H groups in total. The van der Waals surface area contributed by atoms with E-state index in [2.05, 4.69) is 18.7 Å². The standard InChI is InChI=1S/C12H21NO/c1-9(2)10-7-13(8-10)11-3-5-12(14)6-4-11/h9-11H,3-8H2,1-2H3. The third-order valence-corrected chi connectivity index (χ3v) is 3.91. The Bertz CT molecular complexity index is 208. The molecule has 0 radical (unpaired) electrons. The van der Waals surface area contributed by atoms with Crippen LogP contribution in [0.5, 0.6) is 0 Å². The van der Waals surface area contributed by atoms with Crippen LogP contribution in [-0.4, -0.2) is 29.8 Å². The van der Waals surface area contributed by atoms with Gasteiger partial charge in [-0.3, -0.25) is 9.69 Å². The first-order valence-corrected chi connectivity index (χ1v) is 5.92. The van der Waals surface area contributed by atoms with Gasteiger partial charge in [-0.15, -0.1) is 0 Å². The third-order valence-electron chi connectivity index (χ3n) is 3.91. The summed E-state index contributed by atoms with van der Waals surface area (Å²) in [4.78, 5) is 13.7. The van der Waals surface area contributed by atoms with Crippen molar-refractivity contribution in [1.82, 2.24) is 4.90 Å². The molecule has 0 aromatic rings. The van der Waals surface area contributed by atoms with Crippen molar-refractivity contribution in [3.63, 3.8) is 0 Å². The van der Waals surface area contributed by atoms with Crippen molar-refractivity contribution in [3.8, 4) is 0 Å². The molecule has 2 heteroatoms. The first-order chi connectivity index (χ1) is 6.66. The van der Waals surface area contributed by atoms with E-state index in [0.717, 1.165) is 43.6 Å². The first kappa shape index (κ1) is 10.2. The summed E-state index contributed by atoms with van der Waals surface area (Å²) in [5, 5.41) is 0. The van der Waals surface area contributed by atoms with Crippen LogP contribution in [-0.2, 0) is 4.79 Å². The van der Waals surface area contributed by atoms with E-state index in [-0.39, 0.29) is 0 Å². The van der Waals surface area contributed by atoms with E-state index in [1.807, 2.05) is 0 Å². The molecule has 1 aliphatic carbocycles. The molecule has 1 saturated heterocycles. The highest BCUT2D eigenvalue weighted by Crippen LogP contribution is 2.30.